The summed E-state index contributed by atoms with van der Waals surface area (Å²) in [6.07, 6.45) is 0.521. The van der Waals surface area contributed by atoms with Crippen molar-refractivity contribution in [1.82, 2.24) is 5.32 Å². The van der Waals surface area contributed by atoms with Crippen LogP contribution < -0.4 is 5.32 Å². The maximum atomic E-state index is 13.3. The number of halogens is 1. The Kier molecular flexibility index (Phi) is 7.98. The van der Waals surface area contributed by atoms with E-state index in [2.05, 4.69) is 5.32 Å². The Bertz CT molecular complexity index is 1220. The molecule has 2 unspecified atom stereocenters. The van der Waals surface area contributed by atoms with E-state index in [1.165, 1.54) is 12.1 Å². The summed E-state index contributed by atoms with van der Waals surface area (Å²) in [7, 11) is 0. The van der Waals surface area contributed by atoms with Gasteiger partial charge in [-0.3, -0.25) is 14.4 Å². The molecule has 7 heteroatoms. The first-order valence-electron chi connectivity index (χ1n) is 11.4. The molecular formula is C28H30ClNO5. The molecule has 0 heterocycles. The van der Waals surface area contributed by atoms with E-state index in [1.54, 1.807) is 52.0 Å². The summed E-state index contributed by atoms with van der Waals surface area (Å²) in [5, 5.41) is 24.4. The van der Waals surface area contributed by atoms with Gasteiger partial charge in [0.15, 0.2) is 11.6 Å². The second-order valence-electron chi connectivity index (χ2n) is 9.38. The van der Waals surface area contributed by atoms with E-state index in [9.17, 15) is 24.6 Å². The minimum Gasteiger partial charge on any atom is -0.507 e. The minimum absolute atomic E-state index is 0.101. The van der Waals surface area contributed by atoms with Gasteiger partial charge >= 0.3 is 0 Å². The molecule has 0 fully saturated rings. The number of aliphatic hydroxyl groups is 1. The van der Waals surface area contributed by atoms with Gasteiger partial charge in [0.2, 0.25) is 0 Å². The highest BCUT2D eigenvalue weighted by atomic mass is 35.5. The fraction of sp³-hybridized carbons (Fsp3) is 0.321. The molecular weight excluding hydrogens is 466 g/mol. The van der Waals surface area contributed by atoms with Crippen LogP contribution in [0, 0.1) is 5.92 Å². The average molecular weight is 496 g/mol. The van der Waals surface area contributed by atoms with Crippen molar-refractivity contribution in [3.8, 4) is 5.75 Å². The summed E-state index contributed by atoms with van der Waals surface area (Å²) in [4.78, 5) is 38.7. The first kappa shape index (κ1) is 26.4. The van der Waals surface area contributed by atoms with Crippen molar-refractivity contribution in [2.24, 2.45) is 5.92 Å². The fourth-order valence-electron chi connectivity index (χ4n) is 4.42. The summed E-state index contributed by atoms with van der Waals surface area (Å²) >= 11 is 6.02. The van der Waals surface area contributed by atoms with Crippen LogP contribution in [-0.4, -0.2) is 39.8 Å². The number of benzene rings is 2. The number of aromatic hydroxyl groups is 1. The smallest absolute Gasteiger partial charge is 0.255 e. The second kappa shape index (κ2) is 10.6. The highest BCUT2D eigenvalue weighted by molar-refractivity contribution is 6.30. The first-order valence-corrected chi connectivity index (χ1v) is 11.8. The van der Waals surface area contributed by atoms with Crippen LogP contribution in [0.3, 0.4) is 0 Å². The van der Waals surface area contributed by atoms with E-state index < -0.39 is 17.4 Å². The molecule has 2 aromatic rings. The molecule has 3 N–H and O–H groups in total. The minimum atomic E-state index is -1.40. The summed E-state index contributed by atoms with van der Waals surface area (Å²) in [5.74, 6) is -1.53. The molecule has 2 aromatic carbocycles. The van der Waals surface area contributed by atoms with Gasteiger partial charge in [0, 0.05) is 33.9 Å². The number of carbonyl (C=O) groups excluding carboxylic acids is 3. The molecule has 1 aliphatic carbocycles. The van der Waals surface area contributed by atoms with E-state index in [4.69, 9.17) is 11.6 Å². The summed E-state index contributed by atoms with van der Waals surface area (Å²) in [6.45, 7) is 6.40. The Morgan fingerprint density at radius 2 is 1.57 bits per heavy atom. The van der Waals surface area contributed by atoms with Crippen LogP contribution in [0.1, 0.15) is 50.0 Å². The van der Waals surface area contributed by atoms with Crippen LogP contribution in [0.25, 0.3) is 0 Å². The predicted octanol–water partition coefficient (Wildman–Crippen LogP) is 4.58. The second-order valence-corrected chi connectivity index (χ2v) is 9.81. The van der Waals surface area contributed by atoms with Gasteiger partial charge in [-0.05, 0) is 76.3 Å². The normalized spacial score (nSPS) is 16.9. The number of allylic oxidation sites excluding steroid dienone is 4. The van der Waals surface area contributed by atoms with E-state index >= 15 is 0 Å². The Hall–Kier alpha value is -3.22. The first-order chi connectivity index (χ1) is 16.4. The van der Waals surface area contributed by atoms with Crippen molar-refractivity contribution in [2.75, 3.05) is 6.54 Å². The zero-order chi connectivity index (χ0) is 25.9. The molecule has 6 nitrogen and oxygen atoms in total. The zero-order valence-corrected chi connectivity index (χ0v) is 21.1. The van der Waals surface area contributed by atoms with Gasteiger partial charge in [0.1, 0.15) is 5.75 Å². The van der Waals surface area contributed by atoms with Crippen LogP contribution in [0.5, 0.6) is 5.75 Å². The topological polar surface area (TPSA) is 104 Å². The zero-order valence-electron chi connectivity index (χ0n) is 20.3. The molecule has 0 aromatic heterocycles. The number of rotatable bonds is 8. The van der Waals surface area contributed by atoms with Crippen LogP contribution in [0.15, 0.2) is 70.8 Å². The number of Topliss-reactive ketones (excluding diaryl/α,β-unsaturated/α-hetero) is 2. The molecule has 0 bridgehead atoms. The molecule has 0 spiro atoms. The Labute approximate surface area is 210 Å². The number of carbonyl (C=O) groups is 3. The highest BCUT2D eigenvalue weighted by Gasteiger charge is 2.36. The van der Waals surface area contributed by atoms with Crippen molar-refractivity contribution in [3.63, 3.8) is 0 Å². The van der Waals surface area contributed by atoms with Crippen LogP contribution in [0.2, 0.25) is 5.02 Å². The van der Waals surface area contributed by atoms with Crippen molar-refractivity contribution in [1.29, 1.82) is 0 Å². The lowest BCUT2D eigenvalue weighted by atomic mass is 9.74. The quantitative estimate of drug-likeness (QED) is 0.465. The lowest BCUT2D eigenvalue weighted by molar-refractivity contribution is -0.117. The SMILES string of the molecule is CC1=C(C)C(=O)C(C(Cc2ccc(Cl)cc2)CC(C)(O)CNC(=O)c2ccccc2O)=C(C)C1=O. The molecule has 1 aliphatic rings. The largest absolute Gasteiger partial charge is 0.507 e. The summed E-state index contributed by atoms with van der Waals surface area (Å²) in [6, 6.07) is 13.3. The van der Waals surface area contributed by atoms with Gasteiger partial charge in [-0.25, -0.2) is 0 Å². The van der Waals surface area contributed by atoms with Gasteiger partial charge < -0.3 is 15.5 Å². The number of amides is 1. The molecule has 0 radical (unpaired) electrons. The van der Waals surface area contributed by atoms with Gasteiger partial charge in [-0.15, -0.1) is 0 Å². The van der Waals surface area contributed by atoms with Crippen LogP contribution in [0.4, 0.5) is 0 Å². The summed E-state index contributed by atoms with van der Waals surface area (Å²) < 4.78 is 0. The number of hydrogen-bond acceptors (Lipinski definition) is 5. The Balaban J connectivity index is 1.88. The van der Waals surface area contributed by atoms with Crippen molar-refractivity contribution in [2.45, 2.75) is 46.1 Å². The number of hydrogen-bond donors (Lipinski definition) is 3. The van der Waals surface area contributed by atoms with Gasteiger partial charge in [0.25, 0.3) is 5.91 Å². The maximum absolute atomic E-state index is 13.3. The molecule has 2 atom stereocenters. The highest BCUT2D eigenvalue weighted by Crippen LogP contribution is 2.35. The molecule has 0 saturated carbocycles. The molecule has 3 rings (SSSR count). The van der Waals surface area contributed by atoms with Crippen LogP contribution >= 0.6 is 11.6 Å². The van der Waals surface area contributed by atoms with E-state index in [0.717, 1.165) is 5.56 Å². The molecule has 0 aliphatic heterocycles. The Morgan fingerprint density at radius 1 is 0.971 bits per heavy atom. The summed E-state index contributed by atoms with van der Waals surface area (Å²) in [5.41, 5.74) is 1.21. The lowest BCUT2D eigenvalue weighted by Gasteiger charge is -2.32. The van der Waals surface area contributed by atoms with Crippen molar-refractivity contribution < 1.29 is 24.6 Å². The third-order valence-corrected chi connectivity index (χ3v) is 6.75. The number of para-hydroxylation sites is 1. The van der Waals surface area contributed by atoms with Gasteiger partial charge in [-0.2, -0.15) is 0 Å². The van der Waals surface area contributed by atoms with E-state index in [0.29, 0.717) is 33.7 Å². The third-order valence-electron chi connectivity index (χ3n) is 6.50. The van der Waals surface area contributed by atoms with Crippen LogP contribution in [-0.2, 0) is 16.0 Å². The number of nitrogens with one attached hydrogen (secondary N) is 1. The van der Waals surface area contributed by atoms with E-state index in [1.807, 2.05) is 12.1 Å². The Morgan fingerprint density at radius 3 is 2.20 bits per heavy atom. The molecule has 184 valence electrons. The lowest BCUT2D eigenvalue weighted by Crippen LogP contribution is -2.43. The van der Waals surface area contributed by atoms with Gasteiger partial charge in [-0.1, -0.05) is 35.9 Å². The number of ketones is 2. The standard InChI is InChI=1S/C28H30ClNO5/c1-16-17(2)26(33)24(18(3)25(16)32)20(13-19-9-11-21(29)12-10-19)14-28(4,35)15-30-27(34)22-7-5-6-8-23(22)31/h5-12,20,31,35H,13-15H2,1-4H3,(H,30,34). The van der Waals surface area contributed by atoms with E-state index in [-0.39, 0.29) is 35.8 Å². The van der Waals surface area contributed by atoms with Crippen molar-refractivity contribution >= 4 is 29.1 Å². The molecule has 35 heavy (non-hydrogen) atoms. The predicted molar refractivity (Wildman–Crippen MR) is 135 cm³/mol. The average Bonchev–Trinajstić information content (AvgIpc) is 2.81. The van der Waals surface area contributed by atoms with Crippen molar-refractivity contribution in [3.05, 3.63) is 87.0 Å². The fourth-order valence-corrected chi connectivity index (χ4v) is 4.55. The number of phenols is 1. The molecule has 1 amide bonds. The third kappa shape index (κ3) is 6.08. The van der Waals surface area contributed by atoms with Gasteiger partial charge in [0.05, 0.1) is 11.2 Å². The molecule has 0 saturated heterocycles. The number of phenolic OH excluding ortho intramolecular Hbond substituents is 1. The monoisotopic (exact) mass is 495 g/mol. The maximum Gasteiger partial charge on any atom is 0.255 e.